The lowest BCUT2D eigenvalue weighted by atomic mass is 10.1. The van der Waals surface area contributed by atoms with Gasteiger partial charge in [0.15, 0.2) is 6.04 Å². The number of carboxylic acid groups (broad SMARTS) is 1. The molecule has 1 aromatic carbocycles. The standard InChI is InChI=1S/C14H12N2O3S/c17-12-11(15-8-9-4-2-1-3-5-9)13-16(12)10(14(18)19)6-7-20-13/h1-6,8,11,13H,7H2,(H,18,19)/t11?,13-/m1/s1. The van der Waals surface area contributed by atoms with Gasteiger partial charge < -0.3 is 5.11 Å². The van der Waals surface area contributed by atoms with Crippen molar-refractivity contribution in [3.8, 4) is 0 Å². The molecule has 0 aliphatic carbocycles. The minimum Gasteiger partial charge on any atom is -0.477 e. The van der Waals surface area contributed by atoms with Crippen molar-refractivity contribution in [1.29, 1.82) is 0 Å². The van der Waals surface area contributed by atoms with Gasteiger partial charge in [0, 0.05) is 12.0 Å². The Morgan fingerprint density at radius 1 is 1.40 bits per heavy atom. The molecule has 0 spiro atoms. The number of fused-ring (bicyclic) bond motifs is 1. The Kier molecular flexibility index (Phi) is 3.31. The van der Waals surface area contributed by atoms with Crippen molar-refractivity contribution in [2.45, 2.75) is 11.4 Å². The topological polar surface area (TPSA) is 70.0 Å². The number of carbonyl (C=O) groups excluding carboxylic acids is 1. The fourth-order valence-electron chi connectivity index (χ4n) is 2.23. The van der Waals surface area contributed by atoms with Crippen LogP contribution in [0.2, 0.25) is 0 Å². The zero-order valence-electron chi connectivity index (χ0n) is 10.5. The molecule has 1 unspecified atom stereocenters. The predicted molar refractivity (Wildman–Crippen MR) is 76.6 cm³/mol. The van der Waals surface area contributed by atoms with Crippen molar-refractivity contribution < 1.29 is 14.7 Å². The monoisotopic (exact) mass is 288 g/mol. The van der Waals surface area contributed by atoms with E-state index in [1.54, 1.807) is 12.3 Å². The second-order valence-electron chi connectivity index (χ2n) is 4.46. The van der Waals surface area contributed by atoms with E-state index in [1.165, 1.54) is 16.7 Å². The van der Waals surface area contributed by atoms with E-state index < -0.39 is 12.0 Å². The zero-order chi connectivity index (χ0) is 14.1. The van der Waals surface area contributed by atoms with E-state index in [0.717, 1.165) is 5.56 Å². The third-order valence-corrected chi connectivity index (χ3v) is 4.39. The summed E-state index contributed by atoms with van der Waals surface area (Å²) < 4.78 is 0. The summed E-state index contributed by atoms with van der Waals surface area (Å²) in [5.41, 5.74) is 0.999. The van der Waals surface area contributed by atoms with Crippen molar-refractivity contribution >= 4 is 29.9 Å². The molecular formula is C14H12N2O3S. The van der Waals surface area contributed by atoms with Crippen LogP contribution in [0.15, 0.2) is 47.1 Å². The van der Waals surface area contributed by atoms with Crippen LogP contribution in [0, 0.1) is 0 Å². The third-order valence-electron chi connectivity index (χ3n) is 3.22. The van der Waals surface area contributed by atoms with Crippen LogP contribution >= 0.6 is 11.8 Å². The molecule has 6 heteroatoms. The first kappa shape index (κ1) is 12.9. The molecule has 102 valence electrons. The number of aliphatic carboxylic acids is 1. The molecule has 5 nitrogen and oxygen atoms in total. The Labute approximate surface area is 120 Å². The van der Waals surface area contributed by atoms with E-state index in [1.807, 2.05) is 30.3 Å². The summed E-state index contributed by atoms with van der Waals surface area (Å²) in [5.74, 6) is -0.717. The molecule has 1 aromatic rings. The van der Waals surface area contributed by atoms with Gasteiger partial charge in [-0.2, -0.15) is 0 Å². The molecule has 1 saturated heterocycles. The molecule has 0 saturated carbocycles. The van der Waals surface area contributed by atoms with Gasteiger partial charge in [-0.25, -0.2) is 4.79 Å². The first-order valence-corrected chi connectivity index (χ1v) is 7.20. The molecule has 1 N–H and O–H groups in total. The number of thioether (sulfide) groups is 1. The number of nitrogens with zero attached hydrogens (tertiary/aromatic N) is 2. The second kappa shape index (κ2) is 5.13. The average Bonchev–Trinajstić information content (AvgIpc) is 2.47. The van der Waals surface area contributed by atoms with Gasteiger partial charge in [-0.1, -0.05) is 30.3 Å². The first-order valence-electron chi connectivity index (χ1n) is 6.15. The molecule has 3 rings (SSSR count). The van der Waals surface area contributed by atoms with Crippen molar-refractivity contribution in [2.75, 3.05) is 5.75 Å². The molecule has 2 heterocycles. The van der Waals surface area contributed by atoms with E-state index in [2.05, 4.69) is 4.99 Å². The maximum atomic E-state index is 12.0. The van der Waals surface area contributed by atoms with Crippen molar-refractivity contribution in [3.63, 3.8) is 0 Å². The maximum absolute atomic E-state index is 12.0. The summed E-state index contributed by atoms with van der Waals surface area (Å²) in [4.78, 5) is 28.7. The molecule has 20 heavy (non-hydrogen) atoms. The van der Waals surface area contributed by atoms with E-state index in [4.69, 9.17) is 5.11 Å². The molecule has 2 aliphatic rings. The fraction of sp³-hybridized carbons (Fsp3) is 0.214. The van der Waals surface area contributed by atoms with Gasteiger partial charge in [0.1, 0.15) is 11.1 Å². The van der Waals surface area contributed by atoms with Gasteiger partial charge in [0.2, 0.25) is 0 Å². The predicted octanol–water partition coefficient (Wildman–Crippen LogP) is 1.36. The second-order valence-corrected chi connectivity index (χ2v) is 5.61. The number of aliphatic imine (C=N–C) groups is 1. The van der Waals surface area contributed by atoms with E-state index in [-0.39, 0.29) is 17.0 Å². The molecule has 2 atom stereocenters. The van der Waals surface area contributed by atoms with Gasteiger partial charge in [0.25, 0.3) is 5.91 Å². The minimum atomic E-state index is -1.06. The summed E-state index contributed by atoms with van der Waals surface area (Å²) >= 11 is 1.53. The highest BCUT2D eigenvalue weighted by Crippen LogP contribution is 2.38. The zero-order valence-corrected chi connectivity index (χ0v) is 11.3. The fourth-order valence-corrected chi connectivity index (χ4v) is 3.41. The van der Waals surface area contributed by atoms with Crippen molar-refractivity contribution in [3.05, 3.63) is 47.7 Å². The lowest BCUT2D eigenvalue weighted by molar-refractivity contribution is -0.147. The Morgan fingerprint density at radius 2 is 2.15 bits per heavy atom. The van der Waals surface area contributed by atoms with Crippen molar-refractivity contribution in [2.24, 2.45) is 4.99 Å². The summed E-state index contributed by atoms with van der Waals surface area (Å²) in [7, 11) is 0. The Bertz CT molecular complexity index is 612. The lowest BCUT2D eigenvalue weighted by Crippen LogP contribution is -2.63. The minimum absolute atomic E-state index is 0.0740. The van der Waals surface area contributed by atoms with E-state index in [0.29, 0.717) is 5.75 Å². The van der Waals surface area contributed by atoms with Gasteiger partial charge >= 0.3 is 5.97 Å². The van der Waals surface area contributed by atoms with Crippen LogP contribution in [-0.2, 0) is 9.59 Å². The highest BCUT2D eigenvalue weighted by Gasteiger charge is 2.51. The molecule has 2 aliphatic heterocycles. The normalized spacial score (nSPS) is 25.1. The van der Waals surface area contributed by atoms with E-state index >= 15 is 0 Å². The Hall–Kier alpha value is -2.08. The highest BCUT2D eigenvalue weighted by molar-refractivity contribution is 8.00. The maximum Gasteiger partial charge on any atom is 0.352 e. The van der Waals surface area contributed by atoms with Gasteiger partial charge in [0.05, 0.1) is 0 Å². The Balaban J connectivity index is 1.76. The van der Waals surface area contributed by atoms with E-state index in [9.17, 15) is 9.59 Å². The van der Waals surface area contributed by atoms with Crippen LogP contribution in [0.1, 0.15) is 5.56 Å². The largest absolute Gasteiger partial charge is 0.477 e. The summed E-state index contributed by atoms with van der Waals surface area (Å²) in [5, 5.41) is 8.87. The molecule has 0 bridgehead atoms. The number of benzene rings is 1. The number of rotatable bonds is 3. The summed E-state index contributed by atoms with van der Waals surface area (Å²) in [6.45, 7) is 0. The first-order chi connectivity index (χ1) is 9.68. The van der Waals surface area contributed by atoms with Gasteiger partial charge in [-0.3, -0.25) is 14.7 Å². The molecule has 1 fully saturated rings. The van der Waals surface area contributed by atoms with Crippen LogP contribution in [0.4, 0.5) is 0 Å². The number of carbonyl (C=O) groups is 2. The van der Waals surface area contributed by atoms with Crippen LogP contribution in [0.25, 0.3) is 0 Å². The molecule has 0 radical (unpaired) electrons. The third kappa shape index (κ3) is 2.12. The smallest absolute Gasteiger partial charge is 0.352 e. The summed E-state index contributed by atoms with van der Waals surface area (Å²) in [6, 6.07) is 9.04. The van der Waals surface area contributed by atoms with Crippen LogP contribution in [0.5, 0.6) is 0 Å². The van der Waals surface area contributed by atoms with Gasteiger partial charge in [-0.05, 0) is 11.6 Å². The Morgan fingerprint density at radius 3 is 2.85 bits per heavy atom. The van der Waals surface area contributed by atoms with Crippen LogP contribution < -0.4 is 0 Å². The highest BCUT2D eigenvalue weighted by atomic mass is 32.2. The SMILES string of the molecule is O=C(O)C1=CCS[C@@H]2C(N=Cc3ccccc3)C(=O)N12. The number of β-lactam (4-membered cyclic amide) rings is 1. The number of carboxylic acids is 1. The summed E-state index contributed by atoms with van der Waals surface area (Å²) in [6.07, 6.45) is 3.23. The molecule has 1 amide bonds. The van der Waals surface area contributed by atoms with Crippen LogP contribution in [-0.4, -0.2) is 45.3 Å². The lowest BCUT2D eigenvalue weighted by Gasteiger charge is -2.46. The quantitative estimate of drug-likeness (QED) is 0.673. The number of hydrogen-bond acceptors (Lipinski definition) is 4. The number of hydrogen-bond donors (Lipinski definition) is 1. The van der Waals surface area contributed by atoms with Gasteiger partial charge in [-0.15, -0.1) is 11.8 Å². The van der Waals surface area contributed by atoms with Crippen molar-refractivity contribution in [1.82, 2.24) is 4.90 Å². The van der Waals surface area contributed by atoms with Crippen LogP contribution in [0.3, 0.4) is 0 Å². The molecule has 0 aromatic heterocycles. The molecular weight excluding hydrogens is 276 g/mol. The average molecular weight is 288 g/mol. The number of amides is 1.